The molecule has 1 saturated heterocycles. The molecular formula is C19H27NO4. The summed E-state index contributed by atoms with van der Waals surface area (Å²) >= 11 is 0. The fourth-order valence-electron chi connectivity index (χ4n) is 3.48. The number of aliphatic carboxylic acids is 1. The van der Waals surface area contributed by atoms with E-state index in [0.29, 0.717) is 12.8 Å². The number of para-hydroxylation sites is 1. The van der Waals surface area contributed by atoms with Crippen LogP contribution < -0.4 is 4.74 Å². The largest absolute Gasteiger partial charge is 0.496 e. The molecule has 0 spiro atoms. The summed E-state index contributed by atoms with van der Waals surface area (Å²) in [5.41, 5.74) is 1.03. The van der Waals surface area contributed by atoms with Gasteiger partial charge in [0.1, 0.15) is 5.75 Å². The number of piperidine rings is 1. The van der Waals surface area contributed by atoms with Crippen LogP contribution in [-0.4, -0.2) is 41.6 Å². The molecule has 5 heteroatoms. The first-order chi connectivity index (χ1) is 11.5. The second kappa shape index (κ2) is 8.71. The molecule has 0 aromatic heterocycles. The summed E-state index contributed by atoms with van der Waals surface area (Å²) in [6.45, 7) is 2.77. The highest BCUT2D eigenvalue weighted by molar-refractivity contribution is 5.78. The van der Waals surface area contributed by atoms with Gasteiger partial charge in [0, 0.05) is 25.4 Å². The monoisotopic (exact) mass is 333 g/mol. The van der Waals surface area contributed by atoms with E-state index in [-0.39, 0.29) is 24.3 Å². The molecule has 1 amide bonds. The van der Waals surface area contributed by atoms with Gasteiger partial charge < -0.3 is 14.7 Å². The number of nitrogens with zero attached hydrogens (tertiary/aromatic N) is 1. The Morgan fingerprint density at radius 2 is 2.08 bits per heavy atom. The average molecular weight is 333 g/mol. The predicted molar refractivity (Wildman–Crippen MR) is 92.2 cm³/mol. The Labute approximate surface area is 143 Å². The number of carbonyl (C=O) groups excluding carboxylic acids is 1. The third-order valence-electron chi connectivity index (χ3n) is 4.79. The minimum Gasteiger partial charge on any atom is -0.496 e. The first-order valence-electron chi connectivity index (χ1n) is 8.67. The topological polar surface area (TPSA) is 66.8 Å². The molecule has 0 bridgehead atoms. The van der Waals surface area contributed by atoms with Crippen molar-refractivity contribution in [3.8, 4) is 5.75 Å². The number of hydrogen-bond acceptors (Lipinski definition) is 3. The van der Waals surface area contributed by atoms with E-state index in [1.165, 1.54) is 0 Å². The van der Waals surface area contributed by atoms with E-state index in [0.717, 1.165) is 37.1 Å². The van der Waals surface area contributed by atoms with Crippen molar-refractivity contribution in [2.24, 2.45) is 0 Å². The number of rotatable bonds is 7. The number of carbonyl (C=O) groups is 2. The molecule has 0 saturated carbocycles. The van der Waals surface area contributed by atoms with Gasteiger partial charge in [0.2, 0.25) is 5.91 Å². The highest BCUT2D eigenvalue weighted by Gasteiger charge is 2.28. The van der Waals surface area contributed by atoms with Crippen LogP contribution in [0.3, 0.4) is 0 Å². The Morgan fingerprint density at radius 1 is 1.33 bits per heavy atom. The maximum Gasteiger partial charge on any atom is 0.303 e. The Kier molecular flexibility index (Phi) is 6.64. The third kappa shape index (κ3) is 4.73. The summed E-state index contributed by atoms with van der Waals surface area (Å²) in [5, 5.41) is 8.90. The summed E-state index contributed by atoms with van der Waals surface area (Å²) in [6, 6.07) is 7.84. The maximum atomic E-state index is 12.8. The summed E-state index contributed by atoms with van der Waals surface area (Å²) in [5.74, 6) is 0.188. The SMILES string of the molecule is COc1ccccc1[C@H](C)CC(=O)N1CCCC[C@@H]1CCC(=O)O. The lowest BCUT2D eigenvalue weighted by molar-refractivity contribution is -0.140. The second-order valence-electron chi connectivity index (χ2n) is 6.52. The van der Waals surface area contributed by atoms with E-state index in [1.807, 2.05) is 36.1 Å². The summed E-state index contributed by atoms with van der Waals surface area (Å²) < 4.78 is 5.39. The number of carboxylic acid groups (broad SMARTS) is 1. The molecule has 24 heavy (non-hydrogen) atoms. The van der Waals surface area contributed by atoms with Crippen LogP contribution in [0.2, 0.25) is 0 Å². The zero-order valence-electron chi connectivity index (χ0n) is 14.5. The molecule has 0 aliphatic carbocycles. The van der Waals surface area contributed by atoms with Gasteiger partial charge in [-0.2, -0.15) is 0 Å². The Balaban J connectivity index is 2.02. The van der Waals surface area contributed by atoms with Gasteiger partial charge in [-0.25, -0.2) is 0 Å². The molecule has 2 rings (SSSR count). The van der Waals surface area contributed by atoms with Gasteiger partial charge in [-0.3, -0.25) is 9.59 Å². The molecule has 1 aliphatic heterocycles. The van der Waals surface area contributed by atoms with Gasteiger partial charge in [-0.05, 0) is 43.2 Å². The second-order valence-corrected chi connectivity index (χ2v) is 6.52. The Morgan fingerprint density at radius 3 is 2.79 bits per heavy atom. The van der Waals surface area contributed by atoms with E-state index in [9.17, 15) is 9.59 Å². The molecule has 132 valence electrons. The standard InChI is InChI=1S/C19H27NO4/c1-14(16-8-3-4-9-17(16)24-2)13-18(21)20-12-6-5-7-15(20)10-11-19(22)23/h3-4,8-9,14-15H,5-7,10-13H2,1-2H3,(H,22,23)/t14-,15-/m1/s1. The molecule has 1 aliphatic rings. The predicted octanol–water partition coefficient (Wildman–Crippen LogP) is 3.43. The van der Waals surface area contributed by atoms with Gasteiger partial charge in [-0.15, -0.1) is 0 Å². The number of carboxylic acids is 1. The first-order valence-corrected chi connectivity index (χ1v) is 8.67. The maximum absolute atomic E-state index is 12.8. The number of hydrogen-bond donors (Lipinski definition) is 1. The summed E-state index contributed by atoms with van der Waals surface area (Å²) in [4.78, 5) is 25.5. The van der Waals surface area contributed by atoms with Crippen molar-refractivity contribution in [1.82, 2.24) is 4.90 Å². The van der Waals surface area contributed by atoms with Crippen molar-refractivity contribution < 1.29 is 19.4 Å². The molecule has 0 unspecified atom stereocenters. The Hall–Kier alpha value is -2.04. The van der Waals surface area contributed by atoms with Crippen LogP contribution in [0.4, 0.5) is 0 Å². The third-order valence-corrected chi connectivity index (χ3v) is 4.79. The van der Waals surface area contributed by atoms with Gasteiger partial charge in [0.15, 0.2) is 0 Å². The van der Waals surface area contributed by atoms with E-state index < -0.39 is 5.97 Å². The molecule has 1 heterocycles. The van der Waals surface area contributed by atoms with Crippen LogP contribution in [0.1, 0.15) is 56.9 Å². The van der Waals surface area contributed by atoms with Crippen LogP contribution in [0.5, 0.6) is 5.75 Å². The molecule has 2 atom stereocenters. The fraction of sp³-hybridized carbons (Fsp3) is 0.579. The lowest BCUT2D eigenvalue weighted by Gasteiger charge is -2.36. The van der Waals surface area contributed by atoms with Crippen LogP contribution in [0.15, 0.2) is 24.3 Å². The van der Waals surface area contributed by atoms with E-state index in [4.69, 9.17) is 9.84 Å². The number of ether oxygens (including phenoxy) is 1. The fourth-order valence-corrected chi connectivity index (χ4v) is 3.48. The lowest BCUT2D eigenvalue weighted by Crippen LogP contribution is -2.44. The average Bonchev–Trinajstić information content (AvgIpc) is 2.59. The van der Waals surface area contributed by atoms with Gasteiger partial charge >= 0.3 is 5.97 Å². The zero-order valence-corrected chi connectivity index (χ0v) is 14.5. The minimum atomic E-state index is -0.796. The van der Waals surface area contributed by atoms with Crippen molar-refractivity contribution in [3.63, 3.8) is 0 Å². The molecule has 0 radical (unpaired) electrons. The van der Waals surface area contributed by atoms with Gasteiger partial charge in [-0.1, -0.05) is 25.1 Å². The van der Waals surface area contributed by atoms with Crippen molar-refractivity contribution in [1.29, 1.82) is 0 Å². The highest BCUT2D eigenvalue weighted by Crippen LogP contribution is 2.30. The number of benzene rings is 1. The molecule has 1 aromatic carbocycles. The van der Waals surface area contributed by atoms with Gasteiger partial charge in [0.25, 0.3) is 0 Å². The minimum absolute atomic E-state index is 0.0622. The molecular weight excluding hydrogens is 306 g/mol. The van der Waals surface area contributed by atoms with E-state index >= 15 is 0 Å². The van der Waals surface area contributed by atoms with Crippen LogP contribution in [0.25, 0.3) is 0 Å². The quantitative estimate of drug-likeness (QED) is 0.830. The first kappa shape index (κ1) is 18.3. The molecule has 5 nitrogen and oxygen atoms in total. The van der Waals surface area contributed by atoms with E-state index in [1.54, 1.807) is 7.11 Å². The van der Waals surface area contributed by atoms with Gasteiger partial charge in [0.05, 0.1) is 7.11 Å². The van der Waals surface area contributed by atoms with Crippen LogP contribution >= 0.6 is 0 Å². The lowest BCUT2D eigenvalue weighted by atomic mass is 9.93. The number of methoxy groups -OCH3 is 1. The Bertz CT molecular complexity index is 572. The normalized spacial score (nSPS) is 18.9. The highest BCUT2D eigenvalue weighted by atomic mass is 16.5. The van der Waals surface area contributed by atoms with Crippen LogP contribution in [-0.2, 0) is 9.59 Å². The van der Waals surface area contributed by atoms with Crippen molar-refractivity contribution in [2.75, 3.05) is 13.7 Å². The van der Waals surface area contributed by atoms with Crippen molar-refractivity contribution >= 4 is 11.9 Å². The summed E-state index contributed by atoms with van der Waals surface area (Å²) in [7, 11) is 1.64. The van der Waals surface area contributed by atoms with Crippen LogP contribution in [0, 0.1) is 0 Å². The number of likely N-dealkylation sites (tertiary alicyclic amines) is 1. The smallest absolute Gasteiger partial charge is 0.303 e. The zero-order chi connectivity index (χ0) is 17.5. The number of amides is 1. The molecule has 1 aromatic rings. The van der Waals surface area contributed by atoms with Crippen molar-refractivity contribution in [2.45, 2.75) is 57.4 Å². The van der Waals surface area contributed by atoms with E-state index in [2.05, 4.69) is 0 Å². The molecule has 1 N–H and O–H groups in total. The van der Waals surface area contributed by atoms with Crippen molar-refractivity contribution in [3.05, 3.63) is 29.8 Å². The molecule has 1 fully saturated rings. The summed E-state index contributed by atoms with van der Waals surface area (Å²) in [6.07, 6.45) is 4.06.